The summed E-state index contributed by atoms with van der Waals surface area (Å²) in [5.41, 5.74) is 7.89. The normalized spacial score (nSPS) is 15.8. The average Bonchev–Trinajstić information content (AvgIpc) is 3.35. The second-order valence-corrected chi connectivity index (χ2v) is 9.00. The van der Waals surface area contributed by atoms with Crippen molar-refractivity contribution < 1.29 is 9.53 Å². The summed E-state index contributed by atoms with van der Waals surface area (Å²) in [6.45, 7) is 6.17. The Bertz CT molecular complexity index is 1160. The zero-order chi connectivity index (χ0) is 22.6. The van der Waals surface area contributed by atoms with E-state index in [1.807, 2.05) is 42.5 Å². The molecule has 4 heteroatoms. The molecule has 168 valence electrons. The Labute approximate surface area is 195 Å². The topological polar surface area (TPSA) is 41.6 Å². The van der Waals surface area contributed by atoms with E-state index in [9.17, 15) is 4.79 Å². The number of hydrogen-bond acceptors (Lipinski definition) is 3. The van der Waals surface area contributed by atoms with Gasteiger partial charge in [-0.1, -0.05) is 54.6 Å². The number of carbonyl (C=O) groups is 1. The van der Waals surface area contributed by atoms with E-state index < -0.39 is 0 Å². The lowest BCUT2D eigenvalue weighted by molar-refractivity contribution is -0.115. The summed E-state index contributed by atoms with van der Waals surface area (Å²) in [7, 11) is 0. The van der Waals surface area contributed by atoms with Crippen LogP contribution in [-0.4, -0.2) is 37.0 Å². The maximum Gasteiger partial charge on any atom is 0.228 e. The van der Waals surface area contributed by atoms with Gasteiger partial charge in [-0.25, -0.2) is 0 Å². The van der Waals surface area contributed by atoms with Gasteiger partial charge >= 0.3 is 0 Å². The van der Waals surface area contributed by atoms with Crippen molar-refractivity contribution in [3.63, 3.8) is 0 Å². The van der Waals surface area contributed by atoms with Crippen molar-refractivity contribution in [2.45, 2.75) is 26.2 Å². The van der Waals surface area contributed by atoms with Crippen LogP contribution in [0.4, 0.5) is 5.69 Å². The predicted molar refractivity (Wildman–Crippen MR) is 134 cm³/mol. The minimum Gasteiger partial charge on any atom is -0.488 e. The molecule has 5 rings (SSSR count). The number of ether oxygens (including phenoxy) is 1. The first-order valence-corrected chi connectivity index (χ1v) is 11.8. The molecule has 1 saturated heterocycles. The fraction of sp³-hybridized carbons (Fsp3) is 0.276. The van der Waals surface area contributed by atoms with Crippen molar-refractivity contribution in [3.8, 4) is 16.9 Å². The summed E-state index contributed by atoms with van der Waals surface area (Å²) >= 11 is 0. The zero-order valence-electron chi connectivity index (χ0n) is 19.1. The number of benzene rings is 3. The molecule has 2 heterocycles. The Hall–Kier alpha value is -3.37. The van der Waals surface area contributed by atoms with E-state index in [0.29, 0.717) is 13.0 Å². The molecule has 33 heavy (non-hydrogen) atoms. The molecule has 1 fully saturated rings. The van der Waals surface area contributed by atoms with Gasteiger partial charge < -0.3 is 10.1 Å². The van der Waals surface area contributed by atoms with Crippen LogP contribution in [-0.2, 0) is 11.2 Å². The summed E-state index contributed by atoms with van der Waals surface area (Å²) in [6, 6.07) is 24.4. The van der Waals surface area contributed by atoms with Gasteiger partial charge in [0.05, 0.1) is 6.42 Å². The molecule has 0 spiro atoms. The van der Waals surface area contributed by atoms with Crippen molar-refractivity contribution >= 4 is 17.2 Å². The summed E-state index contributed by atoms with van der Waals surface area (Å²) in [4.78, 5) is 15.2. The first-order valence-electron chi connectivity index (χ1n) is 11.8. The Kier molecular flexibility index (Phi) is 6.27. The van der Waals surface area contributed by atoms with Gasteiger partial charge in [-0.15, -0.1) is 0 Å². The molecule has 2 aliphatic rings. The van der Waals surface area contributed by atoms with Crippen LogP contribution in [0.5, 0.6) is 5.75 Å². The number of hydrogen-bond donors (Lipinski definition) is 1. The summed E-state index contributed by atoms with van der Waals surface area (Å²) < 4.78 is 6.08. The fourth-order valence-electron chi connectivity index (χ4n) is 4.70. The Morgan fingerprint density at radius 3 is 2.42 bits per heavy atom. The predicted octanol–water partition coefficient (Wildman–Crippen LogP) is 5.80. The van der Waals surface area contributed by atoms with E-state index in [1.54, 1.807) is 0 Å². The first kappa shape index (κ1) is 21.5. The average molecular weight is 439 g/mol. The maximum absolute atomic E-state index is 12.6. The largest absolute Gasteiger partial charge is 0.488 e. The molecule has 3 aromatic carbocycles. The van der Waals surface area contributed by atoms with Crippen LogP contribution < -0.4 is 10.1 Å². The highest BCUT2D eigenvalue weighted by Crippen LogP contribution is 2.35. The molecular weight excluding hydrogens is 408 g/mol. The molecule has 0 unspecified atom stereocenters. The lowest BCUT2D eigenvalue weighted by Crippen LogP contribution is -2.26. The Balaban J connectivity index is 1.22. The van der Waals surface area contributed by atoms with E-state index in [2.05, 4.69) is 47.5 Å². The fourth-order valence-corrected chi connectivity index (χ4v) is 4.70. The highest BCUT2D eigenvalue weighted by Gasteiger charge is 2.21. The maximum atomic E-state index is 12.6. The molecule has 4 nitrogen and oxygen atoms in total. The second kappa shape index (κ2) is 9.63. The third-order valence-electron chi connectivity index (χ3n) is 6.64. The van der Waals surface area contributed by atoms with Crippen molar-refractivity contribution in [1.29, 1.82) is 0 Å². The van der Waals surface area contributed by atoms with Gasteiger partial charge in [-0.2, -0.15) is 0 Å². The van der Waals surface area contributed by atoms with Gasteiger partial charge in [0.25, 0.3) is 0 Å². The van der Waals surface area contributed by atoms with E-state index in [4.69, 9.17) is 4.74 Å². The molecule has 0 bridgehead atoms. The Morgan fingerprint density at radius 1 is 0.939 bits per heavy atom. The van der Waals surface area contributed by atoms with Gasteiger partial charge in [-0.3, -0.25) is 9.69 Å². The van der Waals surface area contributed by atoms with Gasteiger partial charge in [0, 0.05) is 23.9 Å². The molecule has 2 aliphatic heterocycles. The van der Waals surface area contributed by atoms with Gasteiger partial charge in [0.1, 0.15) is 12.4 Å². The molecule has 0 radical (unpaired) electrons. The number of likely N-dealkylation sites (tertiary alicyclic amines) is 1. The summed E-state index contributed by atoms with van der Waals surface area (Å²) in [6.07, 6.45) is 2.93. The van der Waals surface area contributed by atoms with Crippen LogP contribution in [0.25, 0.3) is 16.7 Å². The van der Waals surface area contributed by atoms with Crippen molar-refractivity contribution in [1.82, 2.24) is 4.90 Å². The number of rotatable bonds is 6. The van der Waals surface area contributed by atoms with E-state index >= 15 is 0 Å². The molecular formula is C29H30N2O2. The molecule has 0 aliphatic carbocycles. The number of amides is 1. The van der Waals surface area contributed by atoms with Crippen molar-refractivity contribution in [2.24, 2.45) is 0 Å². The molecule has 1 N–H and O–H groups in total. The molecule has 3 aromatic rings. The molecule has 0 atom stereocenters. The first-order chi connectivity index (χ1) is 16.2. The van der Waals surface area contributed by atoms with Gasteiger partial charge in [0.15, 0.2) is 0 Å². The number of carbonyl (C=O) groups excluding carboxylic acids is 1. The quantitative estimate of drug-likeness (QED) is 0.529. The number of anilines is 1. The number of fused-ring (bicyclic) bond motifs is 1. The van der Waals surface area contributed by atoms with Crippen molar-refractivity contribution in [3.05, 3.63) is 89.5 Å². The minimum atomic E-state index is -0.0276. The van der Waals surface area contributed by atoms with E-state index in [1.165, 1.54) is 42.6 Å². The SMILES string of the molecule is CC1=C(CN2CCCC2)COc2cc(NC(=O)Cc3ccc(-c4ccccc4)cc3)ccc21. The van der Waals surface area contributed by atoms with Crippen LogP contribution in [0.2, 0.25) is 0 Å². The van der Waals surface area contributed by atoms with Crippen LogP contribution in [0, 0.1) is 0 Å². The van der Waals surface area contributed by atoms with E-state index in [-0.39, 0.29) is 5.91 Å². The monoisotopic (exact) mass is 438 g/mol. The minimum absolute atomic E-state index is 0.0276. The van der Waals surface area contributed by atoms with Gasteiger partial charge in [0.2, 0.25) is 5.91 Å². The molecule has 0 saturated carbocycles. The smallest absolute Gasteiger partial charge is 0.228 e. The van der Waals surface area contributed by atoms with Crippen LogP contribution in [0.3, 0.4) is 0 Å². The standard InChI is InChI=1S/C29H30N2O2/c1-21-25(19-31-15-5-6-16-31)20-33-28-18-26(13-14-27(21)28)30-29(32)17-22-9-11-24(12-10-22)23-7-3-2-4-8-23/h2-4,7-14,18H,5-6,15-17,19-20H2,1H3,(H,30,32). The lowest BCUT2D eigenvalue weighted by atomic mass is 9.97. The zero-order valence-corrected chi connectivity index (χ0v) is 19.1. The van der Waals surface area contributed by atoms with Crippen LogP contribution >= 0.6 is 0 Å². The summed E-state index contributed by atoms with van der Waals surface area (Å²) in [5.74, 6) is 0.822. The Morgan fingerprint density at radius 2 is 1.67 bits per heavy atom. The van der Waals surface area contributed by atoms with Gasteiger partial charge in [-0.05, 0) is 72.8 Å². The highest BCUT2D eigenvalue weighted by molar-refractivity contribution is 5.93. The van der Waals surface area contributed by atoms with Crippen LogP contribution in [0.15, 0.2) is 78.4 Å². The number of nitrogens with one attached hydrogen (secondary N) is 1. The number of nitrogens with zero attached hydrogens (tertiary/aromatic N) is 1. The lowest BCUT2D eigenvalue weighted by Gasteiger charge is -2.26. The van der Waals surface area contributed by atoms with E-state index in [0.717, 1.165) is 34.7 Å². The third kappa shape index (κ3) is 5.01. The third-order valence-corrected chi connectivity index (χ3v) is 6.64. The van der Waals surface area contributed by atoms with Crippen LogP contribution in [0.1, 0.15) is 30.9 Å². The number of allylic oxidation sites excluding steroid dienone is 1. The molecule has 0 aromatic heterocycles. The highest BCUT2D eigenvalue weighted by atomic mass is 16.5. The second-order valence-electron chi connectivity index (χ2n) is 9.00. The summed E-state index contributed by atoms with van der Waals surface area (Å²) in [5, 5.41) is 3.03. The van der Waals surface area contributed by atoms with Crippen molar-refractivity contribution in [2.75, 3.05) is 31.6 Å². The molecule has 1 amide bonds.